The summed E-state index contributed by atoms with van der Waals surface area (Å²) in [7, 11) is -1.33. The molecule has 0 bridgehead atoms. The minimum Gasteiger partial charge on any atom is -0.381 e. The molecule has 0 aliphatic carbocycles. The maximum absolute atomic E-state index is 12.3. The van der Waals surface area contributed by atoms with E-state index in [9.17, 15) is 8.42 Å². The number of anilines is 1. The first-order valence-electron chi connectivity index (χ1n) is 7.45. The molecular formula is C15H25N3O3S. The van der Waals surface area contributed by atoms with Gasteiger partial charge in [-0.3, -0.25) is 0 Å². The van der Waals surface area contributed by atoms with Crippen LogP contribution in [0.3, 0.4) is 0 Å². The molecule has 1 saturated heterocycles. The summed E-state index contributed by atoms with van der Waals surface area (Å²) in [5.74, 6) is 0. The molecule has 2 heterocycles. The van der Waals surface area contributed by atoms with Crippen molar-refractivity contribution in [2.45, 2.75) is 36.6 Å². The predicted molar refractivity (Wildman–Crippen MR) is 86.9 cm³/mol. The van der Waals surface area contributed by atoms with E-state index in [4.69, 9.17) is 4.74 Å². The highest BCUT2D eigenvalue weighted by molar-refractivity contribution is 7.92. The number of sulfone groups is 1. The Morgan fingerprint density at radius 2 is 2.14 bits per heavy atom. The Kier molecular flexibility index (Phi) is 5.09. The van der Waals surface area contributed by atoms with E-state index in [1.807, 2.05) is 0 Å². The van der Waals surface area contributed by atoms with Gasteiger partial charge in [-0.05, 0) is 40.0 Å². The number of rotatable bonds is 4. The zero-order chi connectivity index (χ0) is 16.4. The monoisotopic (exact) mass is 327 g/mol. The van der Waals surface area contributed by atoms with Gasteiger partial charge in [-0.2, -0.15) is 0 Å². The fourth-order valence-corrected chi connectivity index (χ4v) is 3.25. The molecule has 1 aliphatic heterocycles. The molecule has 1 aromatic heterocycles. The van der Waals surface area contributed by atoms with Gasteiger partial charge < -0.3 is 15.0 Å². The summed E-state index contributed by atoms with van der Waals surface area (Å²) in [6, 6.07) is 3.30. The van der Waals surface area contributed by atoms with Gasteiger partial charge in [0.2, 0.25) is 0 Å². The van der Waals surface area contributed by atoms with Gasteiger partial charge in [0.05, 0.1) is 29.3 Å². The average molecular weight is 327 g/mol. The van der Waals surface area contributed by atoms with Crippen LogP contribution in [0.25, 0.3) is 0 Å². The first-order valence-corrected chi connectivity index (χ1v) is 8.93. The lowest BCUT2D eigenvalue weighted by Gasteiger charge is -2.30. The van der Waals surface area contributed by atoms with Crippen molar-refractivity contribution >= 4 is 15.5 Å². The maximum atomic E-state index is 12.3. The normalized spacial score (nSPS) is 20.8. The molecule has 0 radical (unpaired) electrons. The molecule has 1 atom stereocenters. The summed E-state index contributed by atoms with van der Waals surface area (Å²) in [5, 5.41) is 3.35. The van der Waals surface area contributed by atoms with Crippen LogP contribution in [0.1, 0.15) is 20.8 Å². The minimum absolute atomic E-state index is 0.110. The van der Waals surface area contributed by atoms with Crippen molar-refractivity contribution in [2.75, 3.05) is 38.6 Å². The van der Waals surface area contributed by atoms with Crippen molar-refractivity contribution in [3.63, 3.8) is 0 Å². The quantitative estimate of drug-likeness (QED) is 0.901. The lowest BCUT2D eigenvalue weighted by Crippen LogP contribution is -2.43. The summed E-state index contributed by atoms with van der Waals surface area (Å²) >= 11 is 0. The Morgan fingerprint density at radius 3 is 2.68 bits per heavy atom. The molecular weight excluding hydrogens is 302 g/mol. The van der Waals surface area contributed by atoms with Gasteiger partial charge in [0.15, 0.2) is 14.9 Å². The summed E-state index contributed by atoms with van der Waals surface area (Å²) < 4.78 is 29.4. The van der Waals surface area contributed by atoms with Gasteiger partial charge in [0.1, 0.15) is 0 Å². The number of hydrogen-bond acceptors (Lipinski definition) is 6. The van der Waals surface area contributed by atoms with Crippen molar-refractivity contribution in [2.24, 2.45) is 0 Å². The summed E-state index contributed by atoms with van der Waals surface area (Å²) in [6.07, 6.45) is 1.70. The number of likely N-dealkylation sites (N-methyl/N-ethyl adjacent to an activating group) is 1. The summed E-state index contributed by atoms with van der Waals surface area (Å²) in [4.78, 5) is 6.32. The number of morpholine rings is 1. The van der Waals surface area contributed by atoms with E-state index in [0.717, 1.165) is 25.4 Å². The second kappa shape index (κ2) is 6.52. The Bertz CT molecular complexity index is 593. The van der Waals surface area contributed by atoms with E-state index in [-0.39, 0.29) is 11.1 Å². The second-order valence-corrected chi connectivity index (χ2v) is 9.29. The fourth-order valence-electron chi connectivity index (χ4n) is 2.18. The average Bonchev–Trinajstić information content (AvgIpc) is 2.44. The number of ether oxygens (including phenoxy) is 1. The Hall–Kier alpha value is -1.18. The zero-order valence-electron chi connectivity index (χ0n) is 13.7. The van der Waals surface area contributed by atoms with E-state index in [0.29, 0.717) is 6.54 Å². The number of nitrogens with one attached hydrogen (secondary N) is 1. The Balaban J connectivity index is 1.98. The molecule has 124 valence electrons. The van der Waals surface area contributed by atoms with Crippen LogP contribution in [0, 0.1) is 0 Å². The van der Waals surface area contributed by atoms with Gasteiger partial charge in [-0.1, -0.05) is 0 Å². The largest absolute Gasteiger partial charge is 0.381 e. The standard InChI is InChI=1S/C15H25N3O3S/c1-15(2,3)22(19,20)14-6-5-12(9-17-14)16-10-13-11-18(4)7-8-21-13/h5-6,9,13,16H,7-8,10-11H2,1-4H3. The van der Waals surface area contributed by atoms with Gasteiger partial charge in [0.25, 0.3) is 0 Å². The molecule has 1 aliphatic rings. The van der Waals surface area contributed by atoms with E-state index in [1.165, 1.54) is 0 Å². The van der Waals surface area contributed by atoms with E-state index < -0.39 is 14.6 Å². The molecule has 0 spiro atoms. The van der Waals surface area contributed by atoms with Crippen molar-refractivity contribution in [1.29, 1.82) is 0 Å². The zero-order valence-corrected chi connectivity index (χ0v) is 14.5. The topological polar surface area (TPSA) is 71.5 Å². The SMILES string of the molecule is CN1CCOC(CNc2ccc(S(=O)(=O)C(C)(C)C)nc2)C1. The molecule has 6 nitrogen and oxygen atoms in total. The number of aromatic nitrogens is 1. The number of pyridine rings is 1. The molecule has 2 rings (SSSR count). The molecule has 1 N–H and O–H groups in total. The predicted octanol–water partition coefficient (Wildman–Crippen LogP) is 1.40. The fraction of sp³-hybridized carbons (Fsp3) is 0.667. The van der Waals surface area contributed by atoms with E-state index >= 15 is 0 Å². The first-order chi connectivity index (χ1) is 10.2. The van der Waals surface area contributed by atoms with Crippen LogP contribution in [0.4, 0.5) is 5.69 Å². The Labute approximate surface area is 132 Å². The maximum Gasteiger partial charge on any atom is 0.200 e. The van der Waals surface area contributed by atoms with Crippen molar-refractivity contribution in [3.8, 4) is 0 Å². The molecule has 0 aromatic carbocycles. The first kappa shape index (κ1) is 17.2. The summed E-state index contributed by atoms with van der Waals surface area (Å²) in [5.41, 5.74) is 0.796. The van der Waals surface area contributed by atoms with Gasteiger partial charge in [-0.25, -0.2) is 13.4 Å². The number of hydrogen-bond donors (Lipinski definition) is 1. The third-order valence-corrected chi connectivity index (χ3v) is 6.10. The lowest BCUT2D eigenvalue weighted by molar-refractivity contribution is -0.0117. The third kappa shape index (κ3) is 3.97. The van der Waals surface area contributed by atoms with Crippen LogP contribution in [0.5, 0.6) is 0 Å². The Morgan fingerprint density at radius 1 is 1.41 bits per heavy atom. The van der Waals surface area contributed by atoms with E-state index in [1.54, 1.807) is 39.1 Å². The number of nitrogens with zero attached hydrogens (tertiary/aromatic N) is 2. The van der Waals surface area contributed by atoms with Gasteiger partial charge in [0, 0.05) is 19.6 Å². The highest BCUT2D eigenvalue weighted by Crippen LogP contribution is 2.23. The van der Waals surface area contributed by atoms with Gasteiger partial charge >= 0.3 is 0 Å². The highest BCUT2D eigenvalue weighted by Gasteiger charge is 2.31. The van der Waals surface area contributed by atoms with Crippen LogP contribution in [-0.2, 0) is 14.6 Å². The molecule has 7 heteroatoms. The van der Waals surface area contributed by atoms with Gasteiger partial charge in [-0.15, -0.1) is 0 Å². The highest BCUT2D eigenvalue weighted by atomic mass is 32.2. The van der Waals surface area contributed by atoms with Crippen molar-refractivity contribution in [1.82, 2.24) is 9.88 Å². The molecule has 1 fully saturated rings. The van der Waals surface area contributed by atoms with Crippen LogP contribution >= 0.6 is 0 Å². The lowest BCUT2D eigenvalue weighted by atomic mass is 10.2. The third-order valence-electron chi connectivity index (χ3n) is 3.69. The van der Waals surface area contributed by atoms with Crippen LogP contribution in [-0.4, -0.2) is 62.4 Å². The van der Waals surface area contributed by atoms with Crippen LogP contribution < -0.4 is 5.32 Å². The molecule has 0 saturated carbocycles. The van der Waals surface area contributed by atoms with E-state index in [2.05, 4.69) is 22.2 Å². The second-order valence-electron chi connectivity index (χ2n) is 6.64. The van der Waals surface area contributed by atoms with Crippen LogP contribution in [0.15, 0.2) is 23.4 Å². The van der Waals surface area contributed by atoms with Crippen molar-refractivity contribution < 1.29 is 13.2 Å². The molecule has 1 unspecified atom stereocenters. The van der Waals surface area contributed by atoms with Crippen molar-refractivity contribution in [3.05, 3.63) is 18.3 Å². The molecule has 0 amide bonds. The summed E-state index contributed by atoms with van der Waals surface area (Å²) in [6.45, 7) is 8.28. The van der Waals surface area contributed by atoms with Crippen LogP contribution in [0.2, 0.25) is 0 Å². The molecule has 22 heavy (non-hydrogen) atoms. The smallest absolute Gasteiger partial charge is 0.200 e. The minimum atomic E-state index is -3.41. The molecule has 1 aromatic rings.